The topological polar surface area (TPSA) is 21.3 Å². The van der Waals surface area contributed by atoms with Gasteiger partial charge in [-0.25, -0.2) is 0 Å². The van der Waals surface area contributed by atoms with Gasteiger partial charge < -0.3 is 10.1 Å². The molecule has 0 heterocycles. The Bertz CT molecular complexity index is 303. The molecule has 0 fully saturated rings. The number of ether oxygens (including phenoxy) is 1. The summed E-state index contributed by atoms with van der Waals surface area (Å²) < 4.78 is 6.71. The van der Waals surface area contributed by atoms with Gasteiger partial charge in [0.1, 0.15) is 12.4 Å². The van der Waals surface area contributed by atoms with Gasteiger partial charge in [-0.15, -0.1) is 0 Å². The van der Waals surface area contributed by atoms with Crippen LogP contribution in [0.15, 0.2) is 28.7 Å². The molecule has 0 radical (unpaired) electrons. The molecule has 0 spiro atoms. The van der Waals surface area contributed by atoms with Gasteiger partial charge in [-0.05, 0) is 37.1 Å². The summed E-state index contributed by atoms with van der Waals surface area (Å²) in [5.41, 5.74) is 0. The van der Waals surface area contributed by atoms with Crippen LogP contribution < -0.4 is 10.1 Å². The minimum absolute atomic E-state index is 0.586. The van der Waals surface area contributed by atoms with E-state index in [1.54, 1.807) is 0 Å². The second-order valence-corrected chi connectivity index (χ2v) is 5.55. The van der Waals surface area contributed by atoms with E-state index < -0.39 is 0 Å². The second-order valence-electron chi connectivity index (χ2n) is 3.84. The van der Waals surface area contributed by atoms with Crippen molar-refractivity contribution in [3.05, 3.63) is 28.7 Å². The van der Waals surface area contributed by atoms with E-state index in [1.165, 1.54) is 0 Å². The summed E-state index contributed by atoms with van der Waals surface area (Å²) in [5.74, 6) is 0.920. The number of benzene rings is 1. The van der Waals surface area contributed by atoms with Crippen molar-refractivity contribution in [2.45, 2.75) is 25.8 Å². The van der Waals surface area contributed by atoms with Gasteiger partial charge in [0.15, 0.2) is 0 Å². The number of alkyl halides is 1. The Kier molecular flexibility index (Phi) is 7.90. The Morgan fingerprint density at radius 3 is 2.59 bits per heavy atom. The van der Waals surface area contributed by atoms with Crippen LogP contribution in [0.1, 0.15) is 19.8 Å². The van der Waals surface area contributed by atoms with E-state index >= 15 is 0 Å². The maximum Gasteiger partial charge on any atom is 0.119 e. The van der Waals surface area contributed by atoms with Crippen molar-refractivity contribution in [2.24, 2.45) is 0 Å². The van der Waals surface area contributed by atoms with Gasteiger partial charge in [0, 0.05) is 22.4 Å². The van der Waals surface area contributed by atoms with Crippen molar-refractivity contribution in [1.82, 2.24) is 5.32 Å². The third-order valence-corrected chi connectivity index (χ3v) is 3.55. The first-order chi connectivity index (χ1) is 8.26. The molecule has 1 N–H and O–H groups in total. The van der Waals surface area contributed by atoms with Crippen LogP contribution in [-0.2, 0) is 0 Å². The normalized spacial score (nSPS) is 12.4. The fraction of sp³-hybridized carbons (Fsp3) is 0.538. The highest BCUT2D eigenvalue weighted by molar-refractivity contribution is 9.10. The van der Waals surface area contributed by atoms with Gasteiger partial charge in [-0.3, -0.25) is 0 Å². The molecular formula is C13H19Br2NO. The maximum absolute atomic E-state index is 5.64. The van der Waals surface area contributed by atoms with Crippen LogP contribution in [0.25, 0.3) is 0 Å². The van der Waals surface area contributed by atoms with Crippen LogP contribution in [0.2, 0.25) is 0 Å². The summed E-state index contributed by atoms with van der Waals surface area (Å²) in [6.07, 6.45) is 2.32. The van der Waals surface area contributed by atoms with Gasteiger partial charge in [-0.1, -0.05) is 38.8 Å². The molecule has 0 aromatic heterocycles. The van der Waals surface area contributed by atoms with E-state index in [-0.39, 0.29) is 0 Å². The van der Waals surface area contributed by atoms with Gasteiger partial charge in [-0.2, -0.15) is 0 Å². The molecule has 0 saturated carbocycles. The lowest BCUT2D eigenvalue weighted by molar-refractivity contribution is 0.302. The van der Waals surface area contributed by atoms with Crippen LogP contribution in [0, 0.1) is 0 Å². The molecule has 0 aliphatic carbocycles. The lowest BCUT2D eigenvalue weighted by atomic mass is 10.2. The van der Waals surface area contributed by atoms with Crippen molar-refractivity contribution < 1.29 is 4.74 Å². The minimum atomic E-state index is 0.586. The molecule has 2 nitrogen and oxygen atoms in total. The third-order valence-electron chi connectivity index (χ3n) is 2.57. The molecular weight excluding hydrogens is 346 g/mol. The molecule has 0 aliphatic heterocycles. The predicted molar refractivity (Wildman–Crippen MR) is 80.1 cm³/mol. The number of rotatable bonds is 8. The summed E-state index contributed by atoms with van der Waals surface area (Å²) >= 11 is 6.87. The SMILES string of the molecule is CCC(CCBr)NCCOc1ccc(Br)cc1. The zero-order valence-electron chi connectivity index (χ0n) is 10.1. The molecule has 1 unspecified atom stereocenters. The average Bonchev–Trinajstić information content (AvgIpc) is 2.35. The highest BCUT2D eigenvalue weighted by Gasteiger charge is 2.03. The quantitative estimate of drug-likeness (QED) is 0.556. The summed E-state index contributed by atoms with van der Waals surface area (Å²) in [7, 11) is 0. The lowest BCUT2D eigenvalue weighted by Crippen LogP contribution is -2.32. The summed E-state index contributed by atoms with van der Waals surface area (Å²) in [6, 6.07) is 8.51. The fourth-order valence-corrected chi connectivity index (χ4v) is 2.36. The zero-order chi connectivity index (χ0) is 12.5. The van der Waals surface area contributed by atoms with Gasteiger partial charge >= 0.3 is 0 Å². The van der Waals surface area contributed by atoms with Gasteiger partial charge in [0.05, 0.1) is 0 Å². The molecule has 0 aliphatic rings. The van der Waals surface area contributed by atoms with E-state index in [2.05, 4.69) is 44.1 Å². The fourth-order valence-electron chi connectivity index (χ4n) is 1.54. The van der Waals surface area contributed by atoms with Crippen LogP contribution in [-0.4, -0.2) is 24.5 Å². The monoisotopic (exact) mass is 363 g/mol. The van der Waals surface area contributed by atoms with Gasteiger partial charge in [0.2, 0.25) is 0 Å². The Morgan fingerprint density at radius 1 is 1.29 bits per heavy atom. The molecule has 96 valence electrons. The number of hydrogen-bond donors (Lipinski definition) is 1. The first-order valence-corrected chi connectivity index (χ1v) is 7.85. The van der Waals surface area contributed by atoms with Crippen molar-refractivity contribution in [2.75, 3.05) is 18.5 Å². The molecule has 1 aromatic carbocycles. The van der Waals surface area contributed by atoms with Crippen LogP contribution >= 0.6 is 31.9 Å². The Balaban J connectivity index is 2.17. The van der Waals surface area contributed by atoms with E-state index in [0.29, 0.717) is 12.6 Å². The average molecular weight is 365 g/mol. The Morgan fingerprint density at radius 2 is 2.00 bits per heavy atom. The largest absolute Gasteiger partial charge is 0.492 e. The molecule has 1 aromatic rings. The molecule has 4 heteroatoms. The van der Waals surface area contributed by atoms with E-state index in [1.807, 2.05) is 24.3 Å². The molecule has 0 amide bonds. The highest BCUT2D eigenvalue weighted by Crippen LogP contribution is 2.15. The molecule has 0 saturated heterocycles. The Labute approximate surface area is 120 Å². The summed E-state index contributed by atoms with van der Waals surface area (Å²) in [5, 5.41) is 4.54. The maximum atomic E-state index is 5.64. The van der Waals surface area contributed by atoms with Crippen molar-refractivity contribution in [1.29, 1.82) is 0 Å². The highest BCUT2D eigenvalue weighted by atomic mass is 79.9. The Hall–Kier alpha value is -0.0600. The zero-order valence-corrected chi connectivity index (χ0v) is 13.3. The van der Waals surface area contributed by atoms with E-state index in [0.717, 1.165) is 34.9 Å². The molecule has 1 rings (SSSR count). The van der Waals surface area contributed by atoms with Crippen molar-refractivity contribution >= 4 is 31.9 Å². The minimum Gasteiger partial charge on any atom is -0.492 e. The number of hydrogen-bond acceptors (Lipinski definition) is 2. The first kappa shape index (κ1) is 15.0. The smallest absolute Gasteiger partial charge is 0.119 e. The van der Waals surface area contributed by atoms with Crippen LogP contribution in [0.5, 0.6) is 5.75 Å². The van der Waals surface area contributed by atoms with Crippen LogP contribution in [0.4, 0.5) is 0 Å². The summed E-state index contributed by atoms with van der Waals surface area (Å²) in [6.45, 7) is 3.80. The van der Waals surface area contributed by atoms with Crippen LogP contribution in [0.3, 0.4) is 0 Å². The van der Waals surface area contributed by atoms with E-state index in [9.17, 15) is 0 Å². The second kappa shape index (κ2) is 8.95. The predicted octanol–water partition coefficient (Wildman–Crippen LogP) is 3.98. The molecule has 17 heavy (non-hydrogen) atoms. The van der Waals surface area contributed by atoms with Crippen molar-refractivity contribution in [3.63, 3.8) is 0 Å². The van der Waals surface area contributed by atoms with Gasteiger partial charge in [0.25, 0.3) is 0 Å². The lowest BCUT2D eigenvalue weighted by Gasteiger charge is -2.15. The standard InChI is InChI=1S/C13H19Br2NO/c1-2-12(7-8-14)16-9-10-17-13-5-3-11(15)4-6-13/h3-6,12,16H,2,7-10H2,1H3. The molecule has 0 bridgehead atoms. The molecule has 1 atom stereocenters. The summed E-state index contributed by atoms with van der Waals surface area (Å²) in [4.78, 5) is 0. The number of nitrogens with one attached hydrogen (secondary N) is 1. The van der Waals surface area contributed by atoms with Crippen molar-refractivity contribution in [3.8, 4) is 5.75 Å². The number of halogens is 2. The first-order valence-electron chi connectivity index (χ1n) is 5.94. The third kappa shape index (κ3) is 6.43. The van der Waals surface area contributed by atoms with E-state index in [4.69, 9.17) is 4.74 Å².